The minimum atomic E-state index is -0.320. The number of aryl methyl sites for hydroxylation is 1. The first-order chi connectivity index (χ1) is 8.63. The minimum Gasteiger partial charge on any atom is -0.449 e. The third kappa shape index (κ3) is 2.60. The first-order valence-electron chi connectivity index (χ1n) is 6.05. The normalized spacial score (nSPS) is 19.8. The van der Waals surface area contributed by atoms with Crippen LogP contribution in [0.5, 0.6) is 0 Å². The number of nitrogens with two attached hydrogens (primary N) is 1. The van der Waals surface area contributed by atoms with Gasteiger partial charge in [0, 0.05) is 23.2 Å². The lowest BCUT2D eigenvalue weighted by atomic mass is 10.1. The van der Waals surface area contributed by atoms with Gasteiger partial charge in [0.15, 0.2) is 0 Å². The van der Waals surface area contributed by atoms with E-state index in [2.05, 4.69) is 0 Å². The van der Waals surface area contributed by atoms with Gasteiger partial charge < -0.3 is 10.5 Å². The molecule has 0 radical (unpaired) electrons. The van der Waals surface area contributed by atoms with Crippen LogP contribution >= 0.6 is 11.6 Å². The van der Waals surface area contributed by atoms with Crippen molar-refractivity contribution in [1.82, 2.24) is 0 Å². The number of anilines is 1. The molecule has 98 valence electrons. The van der Waals surface area contributed by atoms with E-state index in [9.17, 15) is 4.79 Å². The highest BCUT2D eigenvalue weighted by atomic mass is 35.5. The van der Waals surface area contributed by atoms with Gasteiger partial charge in [0.25, 0.3) is 0 Å². The number of cyclic esters (lactones) is 1. The summed E-state index contributed by atoms with van der Waals surface area (Å²) >= 11 is 6.10. The summed E-state index contributed by atoms with van der Waals surface area (Å²) in [5.74, 6) is 0. The van der Waals surface area contributed by atoms with Gasteiger partial charge in [-0.25, -0.2) is 4.79 Å². The molecule has 2 rings (SSSR count). The first-order valence-corrected chi connectivity index (χ1v) is 6.43. The van der Waals surface area contributed by atoms with E-state index in [1.807, 2.05) is 19.1 Å². The predicted molar refractivity (Wildman–Crippen MR) is 72.1 cm³/mol. The molecule has 4 nitrogen and oxygen atoms in total. The minimum absolute atomic E-state index is 0.0926. The van der Waals surface area contributed by atoms with Crippen LogP contribution in [0.2, 0.25) is 5.02 Å². The summed E-state index contributed by atoms with van der Waals surface area (Å²) in [7, 11) is 0. The number of halogens is 1. The Morgan fingerprint density at radius 1 is 1.56 bits per heavy atom. The van der Waals surface area contributed by atoms with Crippen LogP contribution in [-0.4, -0.2) is 25.3 Å². The highest BCUT2D eigenvalue weighted by Crippen LogP contribution is 2.28. The summed E-state index contributed by atoms with van der Waals surface area (Å²) in [5, 5.41) is 0.650. The van der Waals surface area contributed by atoms with Crippen LogP contribution in [-0.2, 0) is 4.74 Å². The summed E-state index contributed by atoms with van der Waals surface area (Å²) in [6.07, 6.45) is 1.24. The van der Waals surface area contributed by atoms with Crippen molar-refractivity contribution in [3.8, 4) is 0 Å². The smallest absolute Gasteiger partial charge is 0.414 e. The zero-order valence-corrected chi connectivity index (χ0v) is 11.1. The average molecular weight is 269 g/mol. The number of amides is 1. The maximum absolute atomic E-state index is 11.9. The van der Waals surface area contributed by atoms with E-state index in [0.29, 0.717) is 18.2 Å². The monoisotopic (exact) mass is 268 g/mol. The van der Waals surface area contributed by atoms with Crippen LogP contribution in [0.3, 0.4) is 0 Å². The lowest BCUT2D eigenvalue weighted by Crippen LogP contribution is -2.46. The van der Waals surface area contributed by atoms with Crippen LogP contribution < -0.4 is 10.6 Å². The lowest BCUT2D eigenvalue weighted by molar-refractivity contribution is 0.128. The van der Waals surface area contributed by atoms with E-state index in [1.165, 1.54) is 0 Å². The molecule has 0 spiro atoms. The molecule has 0 saturated carbocycles. The molecule has 0 aliphatic carbocycles. The molecule has 1 fully saturated rings. The van der Waals surface area contributed by atoms with Crippen molar-refractivity contribution in [1.29, 1.82) is 0 Å². The van der Waals surface area contributed by atoms with Crippen molar-refractivity contribution in [2.75, 3.05) is 18.1 Å². The molecule has 1 amide bonds. The fourth-order valence-electron chi connectivity index (χ4n) is 2.14. The topological polar surface area (TPSA) is 55.6 Å². The summed E-state index contributed by atoms with van der Waals surface area (Å²) in [4.78, 5) is 13.6. The van der Waals surface area contributed by atoms with E-state index < -0.39 is 0 Å². The Labute approximate surface area is 112 Å². The largest absolute Gasteiger partial charge is 0.449 e. The number of nitrogens with zero attached hydrogens (tertiary/aromatic N) is 1. The molecular weight excluding hydrogens is 252 g/mol. The third-order valence-electron chi connectivity index (χ3n) is 3.17. The second-order valence-electron chi connectivity index (χ2n) is 4.44. The van der Waals surface area contributed by atoms with Gasteiger partial charge >= 0.3 is 6.09 Å². The summed E-state index contributed by atoms with van der Waals surface area (Å²) in [6.45, 7) is 2.94. The molecule has 1 aliphatic rings. The first kappa shape index (κ1) is 13.2. The Kier molecular flexibility index (Phi) is 4.09. The number of ether oxygens (including phenoxy) is 1. The second kappa shape index (κ2) is 5.59. The molecule has 1 saturated heterocycles. The molecule has 18 heavy (non-hydrogen) atoms. The maximum Gasteiger partial charge on any atom is 0.414 e. The fraction of sp³-hybridized carbons (Fsp3) is 0.462. The number of benzene rings is 1. The molecule has 1 unspecified atom stereocenters. The fourth-order valence-corrected chi connectivity index (χ4v) is 2.32. The number of hydrogen-bond donors (Lipinski definition) is 1. The van der Waals surface area contributed by atoms with Crippen molar-refractivity contribution in [3.63, 3.8) is 0 Å². The van der Waals surface area contributed by atoms with Gasteiger partial charge in [-0.3, -0.25) is 4.90 Å². The Morgan fingerprint density at radius 2 is 2.33 bits per heavy atom. The van der Waals surface area contributed by atoms with Gasteiger partial charge in [0.2, 0.25) is 0 Å². The molecule has 0 aromatic heterocycles. The Bertz CT molecular complexity index is 449. The van der Waals surface area contributed by atoms with Gasteiger partial charge in [-0.05, 0) is 37.6 Å². The molecule has 5 heteroatoms. The molecule has 1 heterocycles. The van der Waals surface area contributed by atoms with E-state index in [1.54, 1.807) is 11.0 Å². The Balaban J connectivity index is 2.31. The van der Waals surface area contributed by atoms with Gasteiger partial charge in [-0.1, -0.05) is 17.7 Å². The zero-order chi connectivity index (χ0) is 13.1. The quantitative estimate of drug-likeness (QED) is 0.917. The van der Waals surface area contributed by atoms with Crippen LogP contribution in [0.25, 0.3) is 0 Å². The van der Waals surface area contributed by atoms with Crippen molar-refractivity contribution in [2.24, 2.45) is 5.73 Å². The van der Waals surface area contributed by atoms with Crippen LogP contribution in [0, 0.1) is 6.92 Å². The molecule has 1 aliphatic heterocycles. The van der Waals surface area contributed by atoms with Crippen molar-refractivity contribution >= 4 is 23.4 Å². The van der Waals surface area contributed by atoms with E-state index in [4.69, 9.17) is 22.1 Å². The molecule has 1 aromatic carbocycles. The Hall–Kier alpha value is -1.26. The number of hydrogen-bond acceptors (Lipinski definition) is 3. The third-order valence-corrected chi connectivity index (χ3v) is 3.58. The van der Waals surface area contributed by atoms with Gasteiger partial charge in [0.1, 0.15) is 0 Å². The van der Waals surface area contributed by atoms with Crippen molar-refractivity contribution in [2.45, 2.75) is 25.8 Å². The van der Waals surface area contributed by atoms with Crippen LogP contribution in [0.1, 0.15) is 18.4 Å². The van der Waals surface area contributed by atoms with Crippen LogP contribution in [0.15, 0.2) is 18.2 Å². The molecule has 2 N–H and O–H groups in total. The van der Waals surface area contributed by atoms with Crippen molar-refractivity contribution in [3.05, 3.63) is 28.8 Å². The maximum atomic E-state index is 11.9. The molecular formula is C13H17ClN2O2. The Morgan fingerprint density at radius 3 is 3.00 bits per heavy atom. The van der Waals surface area contributed by atoms with Gasteiger partial charge in [-0.2, -0.15) is 0 Å². The summed E-state index contributed by atoms with van der Waals surface area (Å²) in [6, 6.07) is 5.68. The predicted octanol–water partition coefficient (Wildman–Crippen LogP) is 2.71. The standard InChI is InChI=1S/C13H17ClN2O2/c1-9-2-3-11(8-12(9)14)16-10(4-6-15)5-7-18-13(16)17/h2-3,8,10H,4-7,15H2,1H3. The van der Waals surface area contributed by atoms with E-state index in [0.717, 1.165) is 24.1 Å². The highest BCUT2D eigenvalue weighted by Gasteiger charge is 2.30. The summed E-state index contributed by atoms with van der Waals surface area (Å²) < 4.78 is 5.09. The average Bonchev–Trinajstić information content (AvgIpc) is 2.34. The van der Waals surface area contributed by atoms with Crippen LogP contribution in [0.4, 0.5) is 10.5 Å². The number of carbonyl (C=O) groups excluding carboxylic acids is 1. The van der Waals surface area contributed by atoms with E-state index in [-0.39, 0.29) is 12.1 Å². The SMILES string of the molecule is Cc1ccc(N2C(=O)OCCC2CCN)cc1Cl. The molecule has 1 aromatic rings. The zero-order valence-electron chi connectivity index (χ0n) is 10.4. The number of rotatable bonds is 3. The number of carbonyl (C=O) groups is 1. The van der Waals surface area contributed by atoms with Crippen molar-refractivity contribution < 1.29 is 9.53 Å². The molecule has 1 atom stereocenters. The van der Waals surface area contributed by atoms with Gasteiger partial charge in [0.05, 0.1) is 6.61 Å². The molecule has 0 bridgehead atoms. The highest BCUT2D eigenvalue weighted by molar-refractivity contribution is 6.31. The second-order valence-corrected chi connectivity index (χ2v) is 4.84. The van der Waals surface area contributed by atoms with Gasteiger partial charge in [-0.15, -0.1) is 0 Å². The lowest BCUT2D eigenvalue weighted by Gasteiger charge is -2.35. The van der Waals surface area contributed by atoms with E-state index >= 15 is 0 Å². The summed E-state index contributed by atoms with van der Waals surface area (Å²) in [5.41, 5.74) is 7.35.